The van der Waals surface area contributed by atoms with Crippen LogP contribution >= 0.6 is 0 Å². The number of para-hydroxylation sites is 4. The van der Waals surface area contributed by atoms with E-state index in [4.69, 9.17) is 9.47 Å². The molecule has 9 heterocycles. The van der Waals surface area contributed by atoms with E-state index < -0.39 is 29.8 Å². The van der Waals surface area contributed by atoms with E-state index in [0.29, 0.717) is 87.6 Å². The van der Waals surface area contributed by atoms with Crippen LogP contribution in [0.15, 0.2) is 176 Å². The van der Waals surface area contributed by atoms with Crippen molar-refractivity contribution < 1.29 is 71.1 Å². The van der Waals surface area contributed by atoms with E-state index in [9.17, 15) is 61.6 Å². The third-order valence-corrected chi connectivity index (χ3v) is 24.1. The number of rotatable bonds is 29. The van der Waals surface area contributed by atoms with E-state index in [0.717, 1.165) is 185 Å². The van der Waals surface area contributed by atoms with Gasteiger partial charge in [-0.25, -0.2) is 4.39 Å². The van der Waals surface area contributed by atoms with Gasteiger partial charge in [0.25, 0.3) is 5.78 Å². The number of aryl methyl sites for hydroxylation is 2. The highest BCUT2D eigenvalue weighted by molar-refractivity contribution is 6.11. The summed E-state index contributed by atoms with van der Waals surface area (Å²) in [6, 6.07) is 46.5. The summed E-state index contributed by atoms with van der Waals surface area (Å²) in [4.78, 5) is 81.8. The van der Waals surface area contributed by atoms with E-state index >= 15 is 0 Å². The summed E-state index contributed by atoms with van der Waals surface area (Å²) in [7, 11) is 0. The predicted octanol–water partition coefficient (Wildman–Crippen LogP) is 16.2. The molecule has 0 saturated carbocycles. The summed E-state index contributed by atoms with van der Waals surface area (Å²) < 4.78 is 71.4. The highest BCUT2D eigenvalue weighted by atomic mass is 19.4. The Morgan fingerprint density at radius 3 is 1.39 bits per heavy atom. The summed E-state index contributed by atoms with van der Waals surface area (Å²) in [5.74, 6) is -1.54. The molecule has 3 N–H and O–H groups in total. The zero-order valence-electron chi connectivity index (χ0n) is 68.2. The van der Waals surface area contributed by atoms with E-state index in [1.807, 2.05) is 139 Å². The van der Waals surface area contributed by atoms with Crippen molar-refractivity contribution in [1.29, 1.82) is 0 Å². The summed E-state index contributed by atoms with van der Waals surface area (Å²) in [6.45, 7) is 21.2. The molecule has 6 aromatic carbocycles. The van der Waals surface area contributed by atoms with Crippen molar-refractivity contribution in [2.75, 3.05) is 78.7 Å². The van der Waals surface area contributed by atoms with Gasteiger partial charge in [0.05, 0.1) is 42.0 Å². The molecule has 0 spiro atoms. The van der Waals surface area contributed by atoms with Gasteiger partial charge in [0.1, 0.15) is 5.82 Å². The largest absolute Gasteiger partial charge is 0.466 e. The number of β-amino-alcohol motifs (C(OH)–C–C–N with tert-alkyl or cyclic N) is 2. The normalized spacial score (nSPS) is 19.2. The number of esters is 1. The number of Topliss-reactive ketones (excluding diaryl/α,β-unsaturated/α-hetero) is 5. The van der Waals surface area contributed by atoms with Gasteiger partial charge in [-0.3, -0.25) is 33.7 Å². The maximum absolute atomic E-state index is 13.3. The van der Waals surface area contributed by atoms with Crippen molar-refractivity contribution in [3.8, 4) is 0 Å². The average Bonchev–Trinajstić information content (AvgIpc) is 1.67. The highest BCUT2D eigenvalue weighted by Crippen LogP contribution is 2.46. The Balaban J connectivity index is 0.000000144. The molecule has 5 aliphatic rings. The number of fused-ring (bicyclic) bond motifs is 6. The van der Waals surface area contributed by atoms with Crippen molar-refractivity contribution in [2.45, 2.75) is 193 Å². The number of piperidine rings is 4. The molecule has 4 unspecified atom stereocenters. The number of likely N-dealkylation sites (tertiary alicyclic amines) is 3. The predicted molar refractivity (Wildman–Crippen MR) is 449 cm³/mol. The Morgan fingerprint density at radius 1 is 0.487 bits per heavy atom. The Labute approximate surface area is 683 Å². The number of ketones is 5. The molecule has 5 saturated heterocycles. The number of alkyl halides is 3. The second-order valence-electron chi connectivity index (χ2n) is 32.3. The van der Waals surface area contributed by atoms with Gasteiger partial charge in [-0.2, -0.15) is 13.2 Å². The van der Waals surface area contributed by atoms with Gasteiger partial charge < -0.3 is 57.8 Å². The maximum atomic E-state index is 13.3. The van der Waals surface area contributed by atoms with Crippen molar-refractivity contribution in [1.82, 2.24) is 37.9 Å². The SMILES string of the molecule is CC(=O)c1cn(CC(O)CN2CCC(C(=O)c3ccccc3)CC2)c2ccccc12.CCCOC1CCN(CC(O)Cn2cc(C(C)=O)c3ccccc32)CC1.CCOC(=O)C1CCN(CCCn2cc(C(=O)CC)c3ccccc32)CC1.O=C(c1cn(CCCN2C3CCC2CC(O)(c2ccc(F)cc2)C3)c2ccccc12)C(F)(F)F. The van der Waals surface area contributed by atoms with Crippen LogP contribution in [-0.2, 0) is 46.0 Å². The third kappa shape index (κ3) is 22.0. The fourth-order valence-electron chi connectivity index (χ4n) is 18.1. The van der Waals surface area contributed by atoms with Gasteiger partial charge in [0.2, 0.25) is 0 Å². The van der Waals surface area contributed by atoms with Crippen LogP contribution < -0.4 is 0 Å². The smallest absolute Gasteiger partial charge is 0.454 e. The summed E-state index contributed by atoms with van der Waals surface area (Å²) >= 11 is 0. The first-order chi connectivity index (χ1) is 56.4. The fourth-order valence-corrected chi connectivity index (χ4v) is 18.1. The minimum atomic E-state index is -4.91. The molecule has 15 rings (SSSR count). The minimum absolute atomic E-state index is 0.0320. The number of halogens is 4. The van der Waals surface area contributed by atoms with Crippen molar-refractivity contribution in [3.05, 3.63) is 216 Å². The van der Waals surface area contributed by atoms with Gasteiger partial charge in [-0.15, -0.1) is 0 Å². The Bertz CT molecular complexity index is 4970. The Kier molecular flexibility index (Phi) is 30.1. The first-order valence-electron chi connectivity index (χ1n) is 42.0. The molecule has 19 nitrogen and oxygen atoms in total. The molecule has 117 heavy (non-hydrogen) atoms. The lowest BCUT2D eigenvalue weighted by Crippen LogP contribution is -2.49. The molecule has 10 aromatic rings. The lowest BCUT2D eigenvalue weighted by atomic mass is 9.80. The minimum Gasteiger partial charge on any atom is -0.466 e. The second kappa shape index (κ2) is 40.4. The maximum Gasteiger partial charge on any atom is 0.454 e. The van der Waals surface area contributed by atoms with Crippen LogP contribution in [0.4, 0.5) is 17.6 Å². The molecule has 5 aliphatic heterocycles. The number of aliphatic hydroxyl groups excluding tert-OH is 2. The van der Waals surface area contributed by atoms with Crippen molar-refractivity contribution in [2.24, 2.45) is 11.8 Å². The molecule has 624 valence electrons. The number of benzene rings is 6. The van der Waals surface area contributed by atoms with Gasteiger partial charge in [0, 0.05) is 181 Å². The van der Waals surface area contributed by atoms with Crippen LogP contribution in [0.2, 0.25) is 0 Å². The molecule has 5 fully saturated rings. The van der Waals surface area contributed by atoms with E-state index in [1.54, 1.807) is 54.8 Å². The van der Waals surface area contributed by atoms with Crippen molar-refractivity contribution >= 4 is 78.5 Å². The number of carbonyl (C=O) groups is 6. The van der Waals surface area contributed by atoms with E-state index in [2.05, 4.69) is 37.2 Å². The Hall–Kier alpha value is -9.30. The van der Waals surface area contributed by atoms with E-state index in [-0.39, 0.29) is 64.4 Å². The average molecular weight is 1610 g/mol. The molecule has 4 aromatic heterocycles. The zero-order chi connectivity index (χ0) is 82.9. The summed E-state index contributed by atoms with van der Waals surface area (Å²) in [5.41, 5.74) is 6.21. The number of carbonyl (C=O) groups excluding carboxylic acids is 6. The number of hydrogen-bond donors (Lipinski definition) is 3. The van der Waals surface area contributed by atoms with Gasteiger partial charge in [0.15, 0.2) is 23.1 Å². The van der Waals surface area contributed by atoms with Gasteiger partial charge in [-0.1, -0.05) is 129 Å². The molecule has 4 atom stereocenters. The molecule has 0 radical (unpaired) electrons. The number of nitrogens with zero attached hydrogens (tertiary/aromatic N) is 8. The van der Waals surface area contributed by atoms with Crippen LogP contribution in [0, 0.1) is 17.7 Å². The number of aliphatic hydroxyl groups is 3. The molecule has 0 amide bonds. The van der Waals surface area contributed by atoms with Crippen LogP contribution in [0.5, 0.6) is 0 Å². The monoisotopic (exact) mass is 1610 g/mol. The van der Waals surface area contributed by atoms with Gasteiger partial charge >= 0.3 is 12.1 Å². The number of ether oxygens (including phenoxy) is 2. The van der Waals surface area contributed by atoms with Crippen molar-refractivity contribution in [3.63, 3.8) is 0 Å². The van der Waals surface area contributed by atoms with Crippen LogP contribution in [0.3, 0.4) is 0 Å². The topological polar surface area (TPSA) is 214 Å². The first-order valence-corrected chi connectivity index (χ1v) is 42.0. The molecular formula is C94H114F4N8O11. The standard InChI is InChI=1S/C26H26F4N2O2.C25H28N2O3.C22H30N2O3.C21H30N2O3/c27-18-8-6-17(7-9-18)25(34)14-19-10-11-20(15-25)32(19)13-3-12-31-16-22(24(33)26(28,29)30)21-4-1-2-5-23(21)31;1-18(28)23-17-27(24-10-6-5-9-22(23)24)16-21(29)15-26-13-11-20(12-14-26)25(30)19-7-3-2-4-8-19;1-3-21(25)19-16-24(20-9-6-5-8-18(19)20)13-7-12-23-14-10-17(11-15-23)22(26)27-4-2;1-3-12-26-18-8-10-22(11-9-18)13-17(25)14-23-15-20(16(2)24)19-6-4-5-7-21(19)23/h1-2,4-9,16,19-20,34H,3,10-15H2;2-10,17,20-21,29H,11-16H2,1H3;5-6,8-9,16-17H,3-4,7,10-15H2,1-2H3;4-7,15,17-18,25H,3,8-14H2,1-2H3. The third-order valence-electron chi connectivity index (χ3n) is 24.1. The lowest BCUT2D eigenvalue weighted by molar-refractivity contribution is -0.149. The van der Waals surface area contributed by atoms with Crippen LogP contribution in [-0.4, -0.2) is 203 Å². The lowest BCUT2D eigenvalue weighted by Gasteiger charge is -2.44. The quantitative estimate of drug-likeness (QED) is 0.0226. The van der Waals surface area contributed by atoms with E-state index in [1.165, 1.54) is 18.3 Å². The summed E-state index contributed by atoms with van der Waals surface area (Å²) in [5, 5.41) is 35.8. The summed E-state index contributed by atoms with van der Waals surface area (Å²) in [6.07, 6.45) is 13.4. The fraction of sp³-hybridized carbons (Fsp3) is 0.468. The second-order valence-corrected chi connectivity index (χ2v) is 32.3. The number of hydrogen-bond acceptors (Lipinski definition) is 15. The van der Waals surface area contributed by atoms with Crippen LogP contribution in [0.1, 0.15) is 182 Å². The molecule has 0 aliphatic carbocycles. The molecule has 23 heteroatoms. The number of aromatic nitrogens is 4. The highest BCUT2D eigenvalue weighted by Gasteiger charge is 2.48. The first kappa shape index (κ1) is 87.0. The van der Waals surface area contributed by atoms with Gasteiger partial charge in [-0.05, 0) is 179 Å². The van der Waals surface area contributed by atoms with Crippen LogP contribution in [0.25, 0.3) is 43.6 Å². The molecule has 2 bridgehead atoms. The zero-order valence-corrected chi connectivity index (χ0v) is 68.2. The Morgan fingerprint density at radius 2 is 0.915 bits per heavy atom. The molecular weight excluding hydrogens is 1490 g/mol.